The van der Waals surface area contributed by atoms with Gasteiger partial charge in [-0.1, -0.05) is 12.1 Å². The highest BCUT2D eigenvalue weighted by Crippen LogP contribution is 2.30. The molecule has 1 atom stereocenters. The normalized spacial score (nSPS) is 15.0. The second-order valence-corrected chi connectivity index (χ2v) is 8.43. The second-order valence-electron chi connectivity index (χ2n) is 8.43. The lowest BCUT2D eigenvalue weighted by Crippen LogP contribution is -2.46. The Kier molecular flexibility index (Phi) is 7.71. The van der Waals surface area contributed by atoms with E-state index in [1.165, 1.54) is 43.4 Å². The van der Waals surface area contributed by atoms with Crippen molar-refractivity contribution in [3.8, 4) is 17.2 Å². The van der Waals surface area contributed by atoms with Crippen molar-refractivity contribution in [2.45, 2.75) is 18.9 Å². The third-order valence-electron chi connectivity index (χ3n) is 6.25. The van der Waals surface area contributed by atoms with E-state index in [4.69, 9.17) is 14.2 Å². The number of ether oxygens (including phenoxy) is 3. The molecule has 9 heteroatoms. The molecule has 1 fully saturated rings. The van der Waals surface area contributed by atoms with Crippen LogP contribution in [0.2, 0.25) is 0 Å². The number of benzene rings is 3. The molecule has 1 heterocycles. The highest BCUT2D eigenvalue weighted by molar-refractivity contribution is 6.23. The summed E-state index contributed by atoms with van der Waals surface area (Å²) in [5, 5.41) is 0. The molecule has 0 radical (unpaired) electrons. The quantitative estimate of drug-likeness (QED) is 0.410. The van der Waals surface area contributed by atoms with Gasteiger partial charge >= 0.3 is 0 Å². The summed E-state index contributed by atoms with van der Waals surface area (Å²) < 4.78 is 29.3. The van der Waals surface area contributed by atoms with Gasteiger partial charge in [0.2, 0.25) is 5.91 Å². The van der Waals surface area contributed by atoms with Crippen LogP contribution in [0.1, 0.15) is 22.3 Å². The van der Waals surface area contributed by atoms with E-state index < -0.39 is 29.6 Å². The van der Waals surface area contributed by atoms with Gasteiger partial charge in [-0.3, -0.25) is 14.4 Å². The van der Waals surface area contributed by atoms with Gasteiger partial charge < -0.3 is 19.1 Å². The molecule has 3 aromatic rings. The number of hydrogen-bond acceptors (Lipinski definition) is 6. The average molecular weight is 507 g/mol. The Hall–Kier alpha value is -4.40. The summed E-state index contributed by atoms with van der Waals surface area (Å²) in [6.07, 6.45) is 0.211. The molecule has 3 amide bonds. The van der Waals surface area contributed by atoms with Crippen LogP contribution in [0.3, 0.4) is 0 Å². The summed E-state index contributed by atoms with van der Waals surface area (Å²) in [5.41, 5.74) is 1.44. The molecule has 0 spiro atoms. The number of halogens is 1. The summed E-state index contributed by atoms with van der Waals surface area (Å²) in [6, 6.07) is 16.1. The SMILES string of the molecule is COc1cccc(C(=O)N(CCc2ccc(OC)c(OC)c2)C2CC(=O)N(c3ccc(F)cc3)C2=O)c1. The number of anilines is 1. The Balaban J connectivity index is 1.65. The van der Waals surface area contributed by atoms with Crippen molar-refractivity contribution >= 4 is 23.4 Å². The number of amides is 3. The van der Waals surface area contributed by atoms with Crippen LogP contribution in [0.25, 0.3) is 0 Å². The number of rotatable bonds is 9. The van der Waals surface area contributed by atoms with E-state index in [1.807, 2.05) is 6.07 Å². The first-order valence-electron chi connectivity index (χ1n) is 11.6. The van der Waals surface area contributed by atoms with E-state index in [0.717, 1.165) is 10.5 Å². The fourth-order valence-electron chi connectivity index (χ4n) is 4.33. The van der Waals surface area contributed by atoms with Crippen molar-refractivity contribution in [1.82, 2.24) is 4.90 Å². The summed E-state index contributed by atoms with van der Waals surface area (Å²) in [6.45, 7) is 0.159. The monoisotopic (exact) mass is 506 g/mol. The van der Waals surface area contributed by atoms with Crippen LogP contribution in [0.5, 0.6) is 17.2 Å². The van der Waals surface area contributed by atoms with Gasteiger partial charge in [-0.2, -0.15) is 0 Å². The number of carbonyl (C=O) groups excluding carboxylic acids is 3. The zero-order valence-electron chi connectivity index (χ0n) is 20.8. The molecule has 0 bridgehead atoms. The minimum Gasteiger partial charge on any atom is -0.497 e. The molecule has 1 unspecified atom stereocenters. The molecule has 1 aliphatic heterocycles. The summed E-state index contributed by atoms with van der Waals surface area (Å²) >= 11 is 0. The third-order valence-corrected chi connectivity index (χ3v) is 6.25. The Morgan fingerprint density at radius 1 is 0.946 bits per heavy atom. The zero-order chi connectivity index (χ0) is 26.5. The maximum Gasteiger partial charge on any atom is 0.257 e. The maximum atomic E-state index is 13.7. The largest absolute Gasteiger partial charge is 0.497 e. The van der Waals surface area contributed by atoms with Crippen molar-refractivity contribution in [2.24, 2.45) is 0 Å². The smallest absolute Gasteiger partial charge is 0.257 e. The van der Waals surface area contributed by atoms with Crippen molar-refractivity contribution in [2.75, 3.05) is 32.8 Å². The van der Waals surface area contributed by atoms with Gasteiger partial charge in [0.05, 0.1) is 33.4 Å². The minimum atomic E-state index is -1.02. The van der Waals surface area contributed by atoms with E-state index in [0.29, 0.717) is 29.2 Å². The summed E-state index contributed by atoms with van der Waals surface area (Å²) in [5.74, 6) is -0.290. The second kappa shape index (κ2) is 11.1. The van der Waals surface area contributed by atoms with Gasteiger partial charge in [0, 0.05) is 12.1 Å². The molecule has 3 aromatic carbocycles. The molecular formula is C28H27FN2O6. The van der Waals surface area contributed by atoms with E-state index in [1.54, 1.807) is 43.5 Å². The Morgan fingerprint density at radius 2 is 1.68 bits per heavy atom. The van der Waals surface area contributed by atoms with E-state index in [9.17, 15) is 18.8 Å². The molecule has 1 saturated heterocycles. The van der Waals surface area contributed by atoms with Crippen LogP contribution in [0, 0.1) is 5.82 Å². The maximum absolute atomic E-state index is 13.7. The topological polar surface area (TPSA) is 85.4 Å². The standard InChI is InChI=1S/C28H27FN2O6/c1-35-22-6-4-5-19(16-22)27(33)30(14-13-18-7-12-24(36-2)25(15-18)37-3)23-17-26(32)31(28(23)34)21-10-8-20(29)9-11-21/h4-12,15-16,23H,13-14,17H2,1-3H3. The zero-order valence-corrected chi connectivity index (χ0v) is 20.8. The third kappa shape index (κ3) is 5.40. The first kappa shape index (κ1) is 25.7. The Labute approximate surface area is 214 Å². The van der Waals surface area contributed by atoms with Gasteiger partial charge in [0.1, 0.15) is 17.6 Å². The Morgan fingerprint density at radius 3 is 2.35 bits per heavy atom. The summed E-state index contributed by atoms with van der Waals surface area (Å²) in [7, 11) is 4.58. The van der Waals surface area contributed by atoms with Crippen molar-refractivity contribution in [3.05, 3.63) is 83.7 Å². The lowest BCUT2D eigenvalue weighted by molar-refractivity contribution is -0.122. The van der Waals surface area contributed by atoms with Gasteiger partial charge in [0.15, 0.2) is 11.5 Å². The highest BCUT2D eigenvalue weighted by Gasteiger charge is 2.44. The van der Waals surface area contributed by atoms with Gasteiger partial charge in [-0.25, -0.2) is 9.29 Å². The minimum absolute atomic E-state index is 0.159. The van der Waals surface area contributed by atoms with Crippen LogP contribution in [0.4, 0.5) is 10.1 Å². The van der Waals surface area contributed by atoms with Crippen LogP contribution in [0.15, 0.2) is 66.7 Å². The first-order chi connectivity index (χ1) is 17.9. The van der Waals surface area contributed by atoms with Crippen molar-refractivity contribution in [1.29, 1.82) is 0 Å². The lowest BCUT2D eigenvalue weighted by atomic mass is 10.1. The molecule has 0 N–H and O–H groups in total. The first-order valence-corrected chi connectivity index (χ1v) is 11.6. The fourth-order valence-corrected chi connectivity index (χ4v) is 4.33. The highest BCUT2D eigenvalue weighted by atomic mass is 19.1. The molecule has 4 rings (SSSR count). The van der Waals surface area contributed by atoms with Gasteiger partial charge in [-0.05, 0) is 66.6 Å². The van der Waals surface area contributed by atoms with Crippen LogP contribution < -0.4 is 19.1 Å². The molecule has 1 aliphatic rings. The van der Waals surface area contributed by atoms with Gasteiger partial charge in [-0.15, -0.1) is 0 Å². The summed E-state index contributed by atoms with van der Waals surface area (Å²) in [4.78, 5) is 42.4. The molecular weight excluding hydrogens is 479 g/mol. The molecule has 0 aliphatic carbocycles. The number of nitrogens with zero attached hydrogens (tertiary/aromatic N) is 2. The van der Waals surface area contributed by atoms with Crippen LogP contribution in [-0.4, -0.2) is 56.5 Å². The van der Waals surface area contributed by atoms with E-state index in [2.05, 4.69) is 0 Å². The van der Waals surface area contributed by atoms with Crippen LogP contribution >= 0.6 is 0 Å². The van der Waals surface area contributed by atoms with E-state index in [-0.39, 0.29) is 18.7 Å². The fraction of sp³-hybridized carbons (Fsp3) is 0.250. The molecule has 0 aromatic heterocycles. The average Bonchev–Trinajstić information content (AvgIpc) is 3.22. The van der Waals surface area contributed by atoms with E-state index >= 15 is 0 Å². The molecule has 8 nitrogen and oxygen atoms in total. The molecule has 192 valence electrons. The number of hydrogen-bond donors (Lipinski definition) is 0. The predicted molar refractivity (Wildman–Crippen MR) is 135 cm³/mol. The predicted octanol–water partition coefficient (Wildman–Crippen LogP) is 3.87. The molecule has 0 saturated carbocycles. The number of methoxy groups -OCH3 is 3. The number of carbonyl (C=O) groups is 3. The van der Waals surface area contributed by atoms with Gasteiger partial charge in [0.25, 0.3) is 11.8 Å². The Bertz CT molecular complexity index is 1310. The van der Waals surface area contributed by atoms with Crippen molar-refractivity contribution in [3.63, 3.8) is 0 Å². The molecule has 37 heavy (non-hydrogen) atoms. The van der Waals surface area contributed by atoms with Crippen LogP contribution in [-0.2, 0) is 16.0 Å². The lowest BCUT2D eigenvalue weighted by Gasteiger charge is -2.28. The van der Waals surface area contributed by atoms with Crippen molar-refractivity contribution < 1.29 is 33.0 Å². The number of imide groups is 1.